The van der Waals surface area contributed by atoms with Gasteiger partial charge < -0.3 is 25.5 Å². The summed E-state index contributed by atoms with van der Waals surface area (Å²) in [6.07, 6.45) is 13.4. The van der Waals surface area contributed by atoms with Crippen molar-refractivity contribution in [3.05, 3.63) is 0 Å². The van der Waals surface area contributed by atoms with Crippen molar-refractivity contribution in [3.63, 3.8) is 0 Å². The summed E-state index contributed by atoms with van der Waals surface area (Å²) in [7, 11) is 0. The first-order chi connectivity index (χ1) is 14.5. The SMILES string of the molecule is CCCCC.CCCC[O-].CCCC[O-].CCCC[O-].CCCC[O-].CCCC[O-].[Nb+5]. The molecule has 31 heavy (non-hydrogen) atoms. The fraction of sp³-hybridized carbons (Fsp3) is 1.00. The molecule has 5 nitrogen and oxygen atoms in total. The molecule has 0 aromatic rings. The average molecular weight is 531 g/mol. The number of unbranched alkanes of at least 4 members (excludes halogenated alkanes) is 7. The largest absolute Gasteiger partial charge is 5.00 e. The van der Waals surface area contributed by atoms with Crippen LogP contribution >= 0.6 is 0 Å². The second-order valence-electron chi connectivity index (χ2n) is 6.64. The van der Waals surface area contributed by atoms with Crippen LogP contribution in [0, 0.1) is 0 Å². The molecule has 0 rings (SSSR count). The van der Waals surface area contributed by atoms with Gasteiger partial charge in [-0.25, -0.2) is 0 Å². The van der Waals surface area contributed by atoms with Crippen molar-refractivity contribution in [1.82, 2.24) is 0 Å². The Bertz CT molecular complexity index is 117. The minimum Gasteiger partial charge on any atom is -0.854 e. The molecule has 0 heterocycles. The maximum absolute atomic E-state index is 9.53. The van der Waals surface area contributed by atoms with Crippen LogP contribution in [0.4, 0.5) is 0 Å². The van der Waals surface area contributed by atoms with Crippen molar-refractivity contribution in [2.45, 2.75) is 132 Å². The van der Waals surface area contributed by atoms with Crippen LogP contribution in [0.5, 0.6) is 0 Å². The predicted octanol–water partition coefficient (Wildman–Crippen LogP) is 2.93. The van der Waals surface area contributed by atoms with E-state index in [9.17, 15) is 25.5 Å². The summed E-state index contributed by atoms with van der Waals surface area (Å²) in [5.41, 5.74) is 0. The van der Waals surface area contributed by atoms with E-state index in [4.69, 9.17) is 0 Å². The summed E-state index contributed by atoms with van der Waals surface area (Å²) in [4.78, 5) is 0. The fourth-order valence-corrected chi connectivity index (χ4v) is 1.08. The van der Waals surface area contributed by atoms with E-state index in [0.717, 1.165) is 64.2 Å². The number of rotatable bonds is 12. The average Bonchev–Trinajstić information content (AvgIpc) is 2.74. The van der Waals surface area contributed by atoms with E-state index in [1.54, 1.807) is 0 Å². The summed E-state index contributed by atoms with van der Waals surface area (Å²) in [5.74, 6) is 0. The second-order valence-corrected chi connectivity index (χ2v) is 6.64. The fourth-order valence-electron chi connectivity index (χ4n) is 1.08. The molecule has 0 aromatic carbocycles. The third kappa shape index (κ3) is 158. The van der Waals surface area contributed by atoms with Gasteiger partial charge in [-0.1, -0.05) is 132 Å². The van der Waals surface area contributed by atoms with Gasteiger partial charge in [0.05, 0.1) is 0 Å². The van der Waals surface area contributed by atoms with Crippen LogP contribution in [0.1, 0.15) is 132 Å². The van der Waals surface area contributed by atoms with Gasteiger partial charge in [-0.05, 0) is 0 Å². The molecule has 0 atom stereocenters. The predicted molar refractivity (Wildman–Crippen MR) is 124 cm³/mol. The third-order valence-corrected chi connectivity index (χ3v) is 3.20. The second kappa shape index (κ2) is 77.5. The van der Waals surface area contributed by atoms with Crippen molar-refractivity contribution in [2.24, 2.45) is 0 Å². The minimum absolute atomic E-state index is 0. The molecule has 6 heteroatoms. The van der Waals surface area contributed by atoms with Crippen LogP contribution < -0.4 is 25.5 Å². The van der Waals surface area contributed by atoms with E-state index in [1.165, 1.54) is 19.3 Å². The van der Waals surface area contributed by atoms with E-state index >= 15 is 0 Å². The summed E-state index contributed by atoms with van der Waals surface area (Å²) >= 11 is 0. The molecule has 0 unspecified atom stereocenters. The molecule has 0 saturated carbocycles. The first-order valence-corrected chi connectivity index (χ1v) is 12.4. The van der Waals surface area contributed by atoms with E-state index in [-0.39, 0.29) is 55.4 Å². The van der Waals surface area contributed by atoms with E-state index < -0.39 is 0 Å². The summed E-state index contributed by atoms with van der Waals surface area (Å²) in [5, 5.41) is 47.6. The summed E-state index contributed by atoms with van der Waals surface area (Å²) < 4.78 is 0. The van der Waals surface area contributed by atoms with E-state index in [1.807, 2.05) is 34.6 Å². The molecule has 0 radical (unpaired) electrons. The van der Waals surface area contributed by atoms with Crippen LogP contribution in [0.2, 0.25) is 0 Å². The van der Waals surface area contributed by atoms with Gasteiger partial charge in [0.15, 0.2) is 0 Å². The smallest absolute Gasteiger partial charge is 0.854 e. The van der Waals surface area contributed by atoms with Crippen LogP contribution in [0.25, 0.3) is 0 Å². The summed E-state index contributed by atoms with van der Waals surface area (Å²) in [6.45, 7) is 15.0. The van der Waals surface area contributed by atoms with Crippen LogP contribution in [0.15, 0.2) is 0 Å². The van der Waals surface area contributed by atoms with Gasteiger partial charge in [0.1, 0.15) is 0 Å². The van der Waals surface area contributed by atoms with E-state index in [2.05, 4.69) is 13.8 Å². The molecule has 0 saturated heterocycles. The first kappa shape index (κ1) is 48.8. The molecular formula is C25H57NbO5. The Morgan fingerprint density at radius 2 is 0.419 bits per heavy atom. The maximum Gasteiger partial charge on any atom is 5.00 e. The van der Waals surface area contributed by atoms with Gasteiger partial charge in [0.2, 0.25) is 0 Å². The normalized spacial score (nSPS) is 8.13. The van der Waals surface area contributed by atoms with Crippen molar-refractivity contribution in [3.8, 4) is 0 Å². The molecule has 0 fully saturated rings. The molecule has 0 bridgehead atoms. The number of hydrogen-bond acceptors (Lipinski definition) is 5. The molecule has 0 aliphatic heterocycles. The van der Waals surface area contributed by atoms with Crippen LogP contribution in [-0.2, 0) is 22.4 Å². The zero-order valence-corrected chi connectivity index (χ0v) is 24.4. The Hall–Kier alpha value is 0.540. The van der Waals surface area contributed by atoms with Gasteiger partial charge in [-0.15, -0.1) is 33.0 Å². The number of hydrogen-bond donors (Lipinski definition) is 0. The molecule has 0 aliphatic rings. The van der Waals surface area contributed by atoms with Gasteiger partial charge in [0, 0.05) is 0 Å². The molecule has 0 amide bonds. The van der Waals surface area contributed by atoms with Crippen LogP contribution in [-0.4, -0.2) is 33.0 Å². The molecule has 0 aliphatic carbocycles. The maximum atomic E-state index is 9.53. The van der Waals surface area contributed by atoms with Crippen molar-refractivity contribution < 1.29 is 47.9 Å². The zero-order valence-electron chi connectivity index (χ0n) is 22.2. The van der Waals surface area contributed by atoms with Crippen molar-refractivity contribution in [1.29, 1.82) is 0 Å². The van der Waals surface area contributed by atoms with Gasteiger partial charge in [-0.2, -0.15) is 0 Å². The molecule has 0 N–H and O–H groups in total. The van der Waals surface area contributed by atoms with Crippen LogP contribution in [0.3, 0.4) is 0 Å². The Kier molecular flexibility index (Phi) is 122. The van der Waals surface area contributed by atoms with Gasteiger partial charge in [-0.3, -0.25) is 0 Å². The molecule has 0 spiro atoms. The minimum atomic E-state index is 0. The molecule has 0 aromatic heterocycles. The standard InChI is InChI=1S/C5H12.5C4H9O.Nb/c1-3-5-4-2;5*1-2-3-4-5;/h3-5H2,1-2H3;5*2-4H2,1H3;/q;5*-1;+5. The Balaban J connectivity index is -0.0000000443. The zero-order chi connectivity index (χ0) is 24.7. The monoisotopic (exact) mass is 530 g/mol. The Labute approximate surface area is 212 Å². The quantitative estimate of drug-likeness (QED) is 0.360. The molecular weight excluding hydrogens is 473 g/mol. The van der Waals surface area contributed by atoms with Gasteiger partial charge in [0.25, 0.3) is 0 Å². The third-order valence-electron chi connectivity index (χ3n) is 3.20. The van der Waals surface area contributed by atoms with Crippen molar-refractivity contribution >= 4 is 0 Å². The van der Waals surface area contributed by atoms with Gasteiger partial charge >= 0.3 is 22.4 Å². The Morgan fingerprint density at radius 3 is 0.419 bits per heavy atom. The first-order valence-electron chi connectivity index (χ1n) is 12.4. The van der Waals surface area contributed by atoms with E-state index in [0.29, 0.717) is 0 Å². The summed E-state index contributed by atoms with van der Waals surface area (Å²) in [6, 6.07) is 0. The molecule has 192 valence electrons. The topological polar surface area (TPSA) is 115 Å². The Morgan fingerprint density at radius 1 is 0.290 bits per heavy atom. The van der Waals surface area contributed by atoms with Crippen molar-refractivity contribution in [2.75, 3.05) is 33.0 Å².